The number of fused-ring (bicyclic) bond motifs is 1. The molecule has 0 unspecified atom stereocenters. The normalized spacial score (nSPS) is 18.5. The second-order valence-electron chi connectivity index (χ2n) is 8.39. The second kappa shape index (κ2) is 11.6. The summed E-state index contributed by atoms with van der Waals surface area (Å²) in [6, 6.07) is 4.84. The van der Waals surface area contributed by atoms with Gasteiger partial charge in [0.05, 0.1) is 19.2 Å². The quantitative estimate of drug-likeness (QED) is 0.638. The van der Waals surface area contributed by atoms with Gasteiger partial charge in [-0.3, -0.25) is 14.6 Å². The Morgan fingerprint density at radius 1 is 1.35 bits per heavy atom. The fourth-order valence-electron chi connectivity index (χ4n) is 3.57. The SMILES string of the molecule is COCC(=O)N(C)C[C@@H]1Oc2ncc(C#Cc3ccncc3)cc2C(=O)N([C@H](C)CO)C[C@H]1C. The number of rotatable bonds is 6. The van der Waals surface area contributed by atoms with E-state index in [2.05, 4.69) is 21.8 Å². The monoisotopic (exact) mass is 466 g/mol. The summed E-state index contributed by atoms with van der Waals surface area (Å²) in [5, 5.41) is 9.77. The average Bonchev–Trinajstić information content (AvgIpc) is 2.85. The minimum atomic E-state index is -0.424. The zero-order valence-corrected chi connectivity index (χ0v) is 19.9. The molecule has 0 bridgehead atoms. The highest BCUT2D eigenvalue weighted by molar-refractivity contribution is 5.97. The van der Waals surface area contributed by atoms with Gasteiger partial charge in [0.15, 0.2) is 0 Å². The molecule has 2 aromatic rings. The van der Waals surface area contributed by atoms with Gasteiger partial charge in [-0.25, -0.2) is 4.98 Å². The predicted octanol–water partition coefficient (Wildman–Crippen LogP) is 1.20. The molecular weight excluding hydrogens is 436 g/mol. The summed E-state index contributed by atoms with van der Waals surface area (Å²) in [7, 11) is 3.15. The third-order valence-corrected chi connectivity index (χ3v) is 5.70. The molecule has 9 heteroatoms. The van der Waals surface area contributed by atoms with Gasteiger partial charge in [0.25, 0.3) is 5.91 Å². The number of aliphatic hydroxyl groups excluding tert-OH is 1. The molecular formula is C25H30N4O5. The number of pyridine rings is 2. The molecule has 34 heavy (non-hydrogen) atoms. The molecule has 1 aliphatic heterocycles. The topological polar surface area (TPSA) is 105 Å². The zero-order chi connectivity index (χ0) is 24.7. The number of aliphatic hydroxyl groups is 1. The van der Waals surface area contributed by atoms with Crippen molar-refractivity contribution in [2.75, 3.05) is 40.5 Å². The number of carbonyl (C=O) groups excluding carboxylic acids is 2. The first-order valence-electron chi connectivity index (χ1n) is 11.1. The van der Waals surface area contributed by atoms with Crippen molar-refractivity contribution in [3.8, 4) is 17.7 Å². The van der Waals surface area contributed by atoms with Crippen molar-refractivity contribution >= 4 is 11.8 Å². The van der Waals surface area contributed by atoms with Crippen molar-refractivity contribution in [3.05, 3.63) is 53.5 Å². The Hall–Kier alpha value is -3.48. The molecule has 0 radical (unpaired) electrons. The number of carbonyl (C=O) groups is 2. The number of ether oxygens (including phenoxy) is 2. The first kappa shape index (κ1) is 25.1. The predicted molar refractivity (Wildman–Crippen MR) is 125 cm³/mol. The summed E-state index contributed by atoms with van der Waals surface area (Å²) in [6.45, 7) is 4.17. The zero-order valence-electron chi connectivity index (χ0n) is 19.9. The largest absolute Gasteiger partial charge is 0.472 e. The fourth-order valence-corrected chi connectivity index (χ4v) is 3.57. The molecule has 0 aliphatic carbocycles. The number of amides is 2. The lowest BCUT2D eigenvalue weighted by Crippen LogP contribution is -2.50. The lowest BCUT2D eigenvalue weighted by molar-refractivity contribution is -0.135. The second-order valence-corrected chi connectivity index (χ2v) is 8.39. The van der Waals surface area contributed by atoms with Crippen molar-refractivity contribution in [2.24, 2.45) is 5.92 Å². The molecule has 3 atom stereocenters. The number of aromatic nitrogens is 2. The summed E-state index contributed by atoms with van der Waals surface area (Å²) >= 11 is 0. The molecule has 0 fully saturated rings. The van der Waals surface area contributed by atoms with Gasteiger partial charge in [-0.2, -0.15) is 0 Å². The van der Waals surface area contributed by atoms with Gasteiger partial charge in [-0.05, 0) is 25.1 Å². The number of methoxy groups -OCH3 is 1. The van der Waals surface area contributed by atoms with Crippen LogP contribution in [0.3, 0.4) is 0 Å². The van der Waals surface area contributed by atoms with Crippen LogP contribution in [0.4, 0.5) is 0 Å². The molecule has 0 aromatic carbocycles. The maximum atomic E-state index is 13.4. The minimum Gasteiger partial charge on any atom is -0.472 e. The smallest absolute Gasteiger partial charge is 0.259 e. The molecule has 1 N–H and O–H groups in total. The van der Waals surface area contributed by atoms with Gasteiger partial charge < -0.3 is 24.4 Å². The van der Waals surface area contributed by atoms with Crippen molar-refractivity contribution in [2.45, 2.75) is 26.0 Å². The maximum absolute atomic E-state index is 13.4. The molecule has 9 nitrogen and oxygen atoms in total. The van der Waals surface area contributed by atoms with Crippen molar-refractivity contribution in [1.29, 1.82) is 0 Å². The Bertz CT molecular complexity index is 1070. The molecule has 180 valence electrons. The van der Waals surface area contributed by atoms with E-state index >= 15 is 0 Å². The first-order valence-corrected chi connectivity index (χ1v) is 11.1. The highest BCUT2D eigenvalue weighted by Crippen LogP contribution is 2.27. The van der Waals surface area contributed by atoms with Gasteiger partial charge in [0.1, 0.15) is 18.3 Å². The fraction of sp³-hybridized carbons (Fsp3) is 0.440. The van der Waals surface area contributed by atoms with Crippen molar-refractivity contribution < 1.29 is 24.2 Å². The van der Waals surface area contributed by atoms with Crippen molar-refractivity contribution in [1.82, 2.24) is 19.8 Å². The Morgan fingerprint density at radius 2 is 2.06 bits per heavy atom. The third kappa shape index (κ3) is 6.10. The van der Waals surface area contributed by atoms with Crippen LogP contribution >= 0.6 is 0 Å². The van der Waals surface area contributed by atoms with E-state index in [0.717, 1.165) is 5.56 Å². The van der Waals surface area contributed by atoms with Crippen LogP contribution in [0, 0.1) is 17.8 Å². The van der Waals surface area contributed by atoms with Crippen LogP contribution in [0.5, 0.6) is 5.88 Å². The molecule has 1 aliphatic rings. The maximum Gasteiger partial charge on any atom is 0.259 e. The third-order valence-electron chi connectivity index (χ3n) is 5.70. The van der Waals surface area contributed by atoms with E-state index in [0.29, 0.717) is 18.7 Å². The summed E-state index contributed by atoms with van der Waals surface area (Å²) in [5.74, 6) is 5.65. The van der Waals surface area contributed by atoms with Crippen LogP contribution in [-0.2, 0) is 9.53 Å². The highest BCUT2D eigenvalue weighted by Gasteiger charge is 2.34. The molecule has 2 amide bonds. The van der Waals surface area contributed by atoms with Crippen LogP contribution in [0.25, 0.3) is 0 Å². The summed E-state index contributed by atoms with van der Waals surface area (Å²) in [5.41, 5.74) is 1.61. The van der Waals surface area contributed by atoms with E-state index in [4.69, 9.17) is 9.47 Å². The van der Waals surface area contributed by atoms with Crippen LogP contribution in [0.2, 0.25) is 0 Å². The Morgan fingerprint density at radius 3 is 2.74 bits per heavy atom. The van der Waals surface area contributed by atoms with Crippen LogP contribution in [0.15, 0.2) is 36.8 Å². The number of hydrogen-bond acceptors (Lipinski definition) is 7. The van der Waals surface area contributed by atoms with Gasteiger partial charge in [0.2, 0.25) is 11.8 Å². The van der Waals surface area contributed by atoms with E-state index < -0.39 is 12.1 Å². The Labute approximate surface area is 199 Å². The van der Waals surface area contributed by atoms with Gasteiger partial charge in [-0.1, -0.05) is 18.8 Å². The van der Waals surface area contributed by atoms with E-state index in [-0.39, 0.29) is 42.4 Å². The Kier molecular flexibility index (Phi) is 8.57. The van der Waals surface area contributed by atoms with Crippen molar-refractivity contribution in [3.63, 3.8) is 0 Å². The minimum absolute atomic E-state index is 0.0297. The standard InChI is InChI=1S/C25H30N4O5/c1-17-13-29(18(2)15-30)25(32)21-11-20(6-5-19-7-9-26-10-8-19)12-27-24(21)34-22(17)14-28(3)23(31)16-33-4/h7-12,17-18,22,30H,13-16H2,1-4H3/t17-,18-,22+/m1/s1. The van der Waals surface area contributed by atoms with Gasteiger partial charge >= 0.3 is 0 Å². The molecule has 0 spiro atoms. The lowest BCUT2D eigenvalue weighted by Gasteiger charge is -2.37. The first-order chi connectivity index (χ1) is 16.3. The average molecular weight is 467 g/mol. The van der Waals surface area contributed by atoms with E-state index in [9.17, 15) is 14.7 Å². The number of nitrogens with zero attached hydrogens (tertiary/aromatic N) is 4. The summed E-state index contributed by atoms with van der Waals surface area (Å²) < 4.78 is 11.1. The molecule has 0 saturated heterocycles. The number of hydrogen-bond donors (Lipinski definition) is 1. The van der Waals surface area contributed by atoms with Crippen LogP contribution < -0.4 is 4.74 Å². The summed E-state index contributed by atoms with van der Waals surface area (Å²) in [4.78, 5) is 37.2. The molecule has 3 heterocycles. The van der Waals surface area contributed by atoms with Crippen LogP contribution in [0.1, 0.15) is 35.3 Å². The van der Waals surface area contributed by atoms with E-state index in [1.165, 1.54) is 7.11 Å². The van der Waals surface area contributed by atoms with Crippen LogP contribution in [-0.4, -0.2) is 89.3 Å². The lowest BCUT2D eigenvalue weighted by atomic mass is 10.00. The number of likely N-dealkylation sites (N-methyl/N-ethyl adjacent to an activating group) is 1. The Balaban J connectivity index is 1.96. The summed E-state index contributed by atoms with van der Waals surface area (Å²) in [6.07, 6.45) is 4.45. The van der Waals surface area contributed by atoms with Gasteiger partial charge in [0, 0.05) is 56.3 Å². The molecule has 0 saturated carbocycles. The van der Waals surface area contributed by atoms with E-state index in [1.54, 1.807) is 60.6 Å². The van der Waals surface area contributed by atoms with E-state index in [1.807, 2.05) is 6.92 Å². The molecule has 3 rings (SSSR count). The molecule has 2 aromatic heterocycles. The van der Waals surface area contributed by atoms with Gasteiger partial charge in [-0.15, -0.1) is 0 Å². The highest BCUT2D eigenvalue weighted by atomic mass is 16.5.